The molecule has 0 aliphatic carbocycles. The quantitative estimate of drug-likeness (QED) is 0.791. The van der Waals surface area contributed by atoms with Gasteiger partial charge in [0.1, 0.15) is 5.78 Å². The Morgan fingerprint density at radius 2 is 2.08 bits per heavy atom. The molecule has 1 atom stereocenters. The Balaban J connectivity index is 2.82. The molecule has 0 aliphatic heterocycles. The first-order valence-corrected chi connectivity index (χ1v) is 5.14. The van der Waals surface area contributed by atoms with Gasteiger partial charge in [-0.15, -0.1) is 0 Å². The highest BCUT2D eigenvalue weighted by atomic mass is 79.9. The number of ketones is 1. The van der Waals surface area contributed by atoms with Crippen molar-refractivity contribution in [3.63, 3.8) is 0 Å². The number of hydrogen-bond donors (Lipinski definition) is 0. The summed E-state index contributed by atoms with van der Waals surface area (Å²) in [6.07, 6.45) is 0.614. The van der Waals surface area contributed by atoms with E-state index in [2.05, 4.69) is 28.9 Å². The van der Waals surface area contributed by atoms with E-state index in [4.69, 9.17) is 0 Å². The molecule has 70 valence electrons. The average molecular weight is 241 g/mol. The summed E-state index contributed by atoms with van der Waals surface area (Å²) in [6, 6.07) is 8.04. The molecule has 13 heavy (non-hydrogen) atoms. The van der Waals surface area contributed by atoms with Gasteiger partial charge in [-0.25, -0.2) is 0 Å². The Bertz CT molecular complexity index is 307. The maximum atomic E-state index is 10.9. The van der Waals surface area contributed by atoms with Gasteiger partial charge >= 0.3 is 0 Å². The summed E-state index contributed by atoms with van der Waals surface area (Å²) in [6.45, 7) is 3.70. The Labute approximate surface area is 87.3 Å². The highest BCUT2D eigenvalue weighted by molar-refractivity contribution is 9.10. The molecule has 0 fully saturated rings. The summed E-state index contributed by atoms with van der Waals surface area (Å²) in [5, 5.41) is 0. The molecule has 0 unspecified atom stereocenters. The van der Waals surface area contributed by atoms with Crippen molar-refractivity contribution in [3.05, 3.63) is 34.3 Å². The minimum atomic E-state index is 0.239. The van der Waals surface area contributed by atoms with Gasteiger partial charge in [0.15, 0.2) is 0 Å². The molecule has 1 nitrogen and oxygen atoms in total. The van der Waals surface area contributed by atoms with Crippen molar-refractivity contribution in [3.8, 4) is 0 Å². The van der Waals surface area contributed by atoms with Crippen LogP contribution in [-0.2, 0) is 4.79 Å². The fourth-order valence-electron chi connectivity index (χ4n) is 1.42. The van der Waals surface area contributed by atoms with Gasteiger partial charge in [-0.05, 0) is 24.5 Å². The normalized spacial score (nSPS) is 12.5. The molecular formula is C11H13BrO. The van der Waals surface area contributed by atoms with Gasteiger partial charge < -0.3 is 4.79 Å². The van der Waals surface area contributed by atoms with E-state index >= 15 is 0 Å². The van der Waals surface area contributed by atoms with Crippen molar-refractivity contribution in [2.24, 2.45) is 0 Å². The molecule has 0 aliphatic rings. The second-order valence-corrected chi connectivity index (χ2v) is 4.18. The summed E-state index contributed by atoms with van der Waals surface area (Å²) in [5.41, 5.74) is 1.21. The first-order chi connectivity index (χ1) is 6.11. The summed E-state index contributed by atoms with van der Waals surface area (Å²) < 4.78 is 1.09. The van der Waals surface area contributed by atoms with E-state index in [0.29, 0.717) is 12.3 Å². The fourth-order valence-corrected chi connectivity index (χ4v) is 2.09. The highest BCUT2D eigenvalue weighted by Gasteiger charge is 2.10. The summed E-state index contributed by atoms with van der Waals surface area (Å²) in [7, 11) is 0. The fraction of sp³-hybridized carbons (Fsp3) is 0.364. The van der Waals surface area contributed by atoms with Crippen LogP contribution in [0.1, 0.15) is 31.7 Å². The zero-order valence-corrected chi connectivity index (χ0v) is 9.47. The van der Waals surface area contributed by atoms with Crippen LogP contribution in [0.3, 0.4) is 0 Å². The summed E-state index contributed by atoms with van der Waals surface area (Å²) >= 11 is 3.48. The topological polar surface area (TPSA) is 17.1 Å². The van der Waals surface area contributed by atoms with Gasteiger partial charge in [0.05, 0.1) is 0 Å². The van der Waals surface area contributed by atoms with Crippen LogP contribution in [0.5, 0.6) is 0 Å². The van der Waals surface area contributed by atoms with E-state index < -0.39 is 0 Å². The van der Waals surface area contributed by atoms with Gasteiger partial charge in [0.25, 0.3) is 0 Å². The van der Waals surface area contributed by atoms with Gasteiger partial charge in [-0.3, -0.25) is 0 Å². The molecule has 1 aromatic carbocycles. The van der Waals surface area contributed by atoms with E-state index in [0.717, 1.165) is 4.47 Å². The maximum Gasteiger partial charge on any atom is 0.130 e. The van der Waals surface area contributed by atoms with Crippen LogP contribution in [0.25, 0.3) is 0 Å². The van der Waals surface area contributed by atoms with E-state index in [1.807, 2.05) is 18.2 Å². The Morgan fingerprint density at radius 3 is 2.62 bits per heavy atom. The van der Waals surface area contributed by atoms with Crippen molar-refractivity contribution in [2.45, 2.75) is 26.2 Å². The highest BCUT2D eigenvalue weighted by Crippen LogP contribution is 2.26. The minimum absolute atomic E-state index is 0.239. The predicted octanol–water partition coefficient (Wildman–Crippen LogP) is 3.53. The Morgan fingerprint density at radius 1 is 1.46 bits per heavy atom. The Hall–Kier alpha value is -0.630. The summed E-state index contributed by atoms with van der Waals surface area (Å²) in [5.74, 6) is 0.538. The number of Topliss-reactive ketones (excluding diaryl/α,β-unsaturated/α-hetero) is 1. The second-order valence-electron chi connectivity index (χ2n) is 3.33. The van der Waals surface area contributed by atoms with Crippen LogP contribution in [0, 0.1) is 0 Å². The van der Waals surface area contributed by atoms with E-state index in [1.165, 1.54) is 5.56 Å². The average Bonchev–Trinajstić information content (AvgIpc) is 2.03. The predicted molar refractivity (Wildman–Crippen MR) is 57.9 cm³/mol. The number of hydrogen-bond acceptors (Lipinski definition) is 1. The number of benzene rings is 1. The molecule has 0 amide bonds. The molecule has 0 aromatic heterocycles. The van der Waals surface area contributed by atoms with Crippen LogP contribution >= 0.6 is 15.9 Å². The molecule has 2 heteroatoms. The van der Waals surface area contributed by atoms with Gasteiger partial charge in [-0.2, -0.15) is 0 Å². The van der Waals surface area contributed by atoms with E-state index in [-0.39, 0.29) is 5.78 Å². The van der Waals surface area contributed by atoms with Gasteiger partial charge in [0, 0.05) is 10.9 Å². The van der Waals surface area contributed by atoms with Crippen LogP contribution in [0.2, 0.25) is 0 Å². The van der Waals surface area contributed by atoms with Crippen molar-refractivity contribution in [2.75, 3.05) is 0 Å². The standard InChI is InChI=1S/C11H13BrO/c1-8(7-9(2)13)10-5-3-4-6-11(10)12/h3-6,8H,7H2,1-2H3/t8-/m1/s1. The molecule has 0 saturated carbocycles. The number of rotatable bonds is 3. The van der Waals surface area contributed by atoms with Crippen molar-refractivity contribution in [1.29, 1.82) is 0 Å². The maximum absolute atomic E-state index is 10.9. The first kappa shape index (κ1) is 10.5. The Kier molecular flexibility index (Phi) is 3.67. The van der Waals surface area contributed by atoms with Crippen LogP contribution in [0.15, 0.2) is 28.7 Å². The molecule has 0 spiro atoms. The zero-order valence-electron chi connectivity index (χ0n) is 7.88. The van der Waals surface area contributed by atoms with Gasteiger partial charge in [0.2, 0.25) is 0 Å². The lowest BCUT2D eigenvalue weighted by Gasteiger charge is -2.11. The summed E-state index contributed by atoms with van der Waals surface area (Å²) in [4.78, 5) is 10.9. The van der Waals surface area contributed by atoms with E-state index in [9.17, 15) is 4.79 Å². The molecule has 0 heterocycles. The molecular weight excluding hydrogens is 228 g/mol. The smallest absolute Gasteiger partial charge is 0.130 e. The van der Waals surface area contributed by atoms with E-state index in [1.54, 1.807) is 6.92 Å². The first-order valence-electron chi connectivity index (χ1n) is 4.35. The molecule has 0 N–H and O–H groups in total. The van der Waals surface area contributed by atoms with Crippen molar-refractivity contribution < 1.29 is 4.79 Å². The van der Waals surface area contributed by atoms with Crippen molar-refractivity contribution >= 4 is 21.7 Å². The molecule has 0 bridgehead atoms. The van der Waals surface area contributed by atoms with Crippen LogP contribution in [0.4, 0.5) is 0 Å². The van der Waals surface area contributed by atoms with Crippen molar-refractivity contribution in [1.82, 2.24) is 0 Å². The molecule has 0 radical (unpaired) electrons. The molecule has 1 aromatic rings. The molecule has 1 rings (SSSR count). The van der Waals surface area contributed by atoms with Gasteiger partial charge in [-0.1, -0.05) is 41.1 Å². The molecule has 0 saturated heterocycles. The van der Waals surface area contributed by atoms with Crippen LogP contribution in [-0.4, -0.2) is 5.78 Å². The SMILES string of the molecule is CC(=O)C[C@@H](C)c1ccccc1Br. The second kappa shape index (κ2) is 4.56. The zero-order chi connectivity index (χ0) is 9.84. The van der Waals surface area contributed by atoms with Crippen LogP contribution < -0.4 is 0 Å². The third kappa shape index (κ3) is 2.96. The lowest BCUT2D eigenvalue weighted by atomic mass is 9.96. The lowest BCUT2D eigenvalue weighted by Crippen LogP contribution is -2.00. The largest absolute Gasteiger partial charge is 0.300 e. The number of carbonyl (C=O) groups excluding carboxylic acids is 1. The third-order valence-corrected chi connectivity index (χ3v) is 2.75. The third-order valence-electron chi connectivity index (χ3n) is 2.03. The monoisotopic (exact) mass is 240 g/mol. The number of halogens is 1. The minimum Gasteiger partial charge on any atom is -0.300 e. The number of carbonyl (C=O) groups is 1. The lowest BCUT2D eigenvalue weighted by molar-refractivity contribution is -0.117.